The normalized spacial score (nSPS) is 12.9. The first-order valence-electron chi connectivity index (χ1n) is 10.8. The minimum Gasteiger partial charge on any atom is -0.481 e. The highest BCUT2D eigenvalue weighted by molar-refractivity contribution is 6.02. The Hall–Kier alpha value is -4.20. The molecule has 0 heterocycles. The number of hydrogen-bond acceptors (Lipinski definition) is 4. The maximum atomic E-state index is 13.8. The quantitative estimate of drug-likeness (QED) is 0.469. The van der Waals surface area contributed by atoms with Gasteiger partial charge in [0.1, 0.15) is 12.4 Å². The largest absolute Gasteiger partial charge is 0.481 e. The molecule has 1 aliphatic carbocycles. The third kappa shape index (κ3) is 4.91. The van der Waals surface area contributed by atoms with E-state index in [-0.39, 0.29) is 30.2 Å². The number of hydrogen-bond donors (Lipinski definition) is 3. The fourth-order valence-electron chi connectivity index (χ4n) is 4.17. The summed E-state index contributed by atoms with van der Waals surface area (Å²) >= 11 is 0. The molecule has 3 N–H and O–H groups in total. The molecule has 3 aromatic rings. The van der Waals surface area contributed by atoms with E-state index in [4.69, 9.17) is 9.84 Å². The van der Waals surface area contributed by atoms with E-state index in [1.54, 1.807) is 0 Å². The van der Waals surface area contributed by atoms with Crippen LogP contribution in [0.2, 0.25) is 0 Å². The minimum absolute atomic E-state index is 0.0543. The van der Waals surface area contributed by atoms with Crippen LogP contribution in [0.25, 0.3) is 11.1 Å². The number of ether oxygens (including phenoxy) is 1. The molecule has 0 saturated carbocycles. The number of amides is 2. The summed E-state index contributed by atoms with van der Waals surface area (Å²) in [5, 5.41) is 13.9. The molecule has 0 aromatic heterocycles. The smallest absolute Gasteiger partial charge is 0.411 e. The van der Waals surface area contributed by atoms with Gasteiger partial charge in [-0.25, -0.2) is 9.18 Å². The van der Waals surface area contributed by atoms with Crippen molar-refractivity contribution in [2.75, 3.05) is 11.9 Å². The van der Waals surface area contributed by atoms with Gasteiger partial charge in [-0.1, -0.05) is 48.5 Å². The van der Waals surface area contributed by atoms with E-state index < -0.39 is 29.8 Å². The fourth-order valence-corrected chi connectivity index (χ4v) is 4.17. The number of rotatable bonds is 7. The van der Waals surface area contributed by atoms with Gasteiger partial charge in [-0.15, -0.1) is 0 Å². The Morgan fingerprint density at radius 1 is 1.00 bits per heavy atom. The van der Waals surface area contributed by atoms with Crippen LogP contribution in [0, 0.1) is 5.82 Å². The molecule has 0 saturated heterocycles. The summed E-state index contributed by atoms with van der Waals surface area (Å²) in [6, 6.07) is 18.5. The molecule has 0 bridgehead atoms. The molecule has 1 atom stereocenters. The SMILES string of the molecule is CC(CC(=O)O)NC(=O)c1cc(F)ccc1NC(=O)OCC1c2ccccc2-c2ccccc21. The number of carboxylic acids is 1. The summed E-state index contributed by atoms with van der Waals surface area (Å²) in [5.74, 6) is -2.59. The summed E-state index contributed by atoms with van der Waals surface area (Å²) in [5.41, 5.74) is 4.24. The third-order valence-electron chi connectivity index (χ3n) is 5.66. The Morgan fingerprint density at radius 3 is 2.24 bits per heavy atom. The molecule has 1 aliphatic rings. The molecule has 0 aliphatic heterocycles. The lowest BCUT2D eigenvalue weighted by molar-refractivity contribution is -0.137. The van der Waals surface area contributed by atoms with Gasteiger partial charge in [0.2, 0.25) is 0 Å². The summed E-state index contributed by atoms with van der Waals surface area (Å²) in [6.07, 6.45) is -1.09. The van der Waals surface area contributed by atoms with Crippen LogP contribution in [0.3, 0.4) is 0 Å². The predicted octanol–water partition coefficient (Wildman–Crippen LogP) is 4.78. The van der Waals surface area contributed by atoms with Crippen LogP contribution >= 0.6 is 0 Å². The van der Waals surface area contributed by atoms with Crippen molar-refractivity contribution in [2.24, 2.45) is 0 Å². The Balaban J connectivity index is 1.46. The zero-order chi connectivity index (χ0) is 24.2. The highest BCUT2D eigenvalue weighted by atomic mass is 19.1. The van der Waals surface area contributed by atoms with Gasteiger partial charge in [-0.2, -0.15) is 0 Å². The van der Waals surface area contributed by atoms with Crippen molar-refractivity contribution in [1.82, 2.24) is 5.32 Å². The number of carbonyl (C=O) groups is 3. The number of carboxylic acid groups (broad SMARTS) is 1. The molecule has 4 rings (SSSR count). The number of carbonyl (C=O) groups excluding carboxylic acids is 2. The van der Waals surface area contributed by atoms with Crippen LogP contribution in [0.4, 0.5) is 14.9 Å². The van der Waals surface area contributed by atoms with Gasteiger partial charge in [0, 0.05) is 12.0 Å². The standard InChI is InChI=1S/C26H23FN2O5/c1-15(12-24(30)31)28-25(32)21-13-16(27)10-11-23(21)29-26(33)34-14-22-19-8-4-2-6-17(19)18-7-3-5-9-20(18)22/h2-11,13,15,22H,12,14H2,1H3,(H,28,32)(H,29,33)(H,30,31). The van der Waals surface area contributed by atoms with Crippen molar-refractivity contribution < 1.29 is 28.6 Å². The topological polar surface area (TPSA) is 105 Å². The van der Waals surface area contributed by atoms with Crippen LogP contribution in [0.1, 0.15) is 40.7 Å². The maximum Gasteiger partial charge on any atom is 0.411 e. The molecule has 0 fully saturated rings. The van der Waals surface area contributed by atoms with Crippen molar-refractivity contribution in [2.45, 2.75) is 25.3 Å². The van der Waals surface area contributed by atoms with Crippen LogP contribution in [-0.4, -0.2) is 35.7 Å². The number of benzene rings is 3. The van der Waals surface area contributed by atoms with E-state index in [1.807, 2.05) is 48.5 Å². The van der Waals surface area contributed by atoms with E-state index in [9.17, 15) is 18.8 Å². The maximum absolute atomic E-state index is 13.8. The number of nitrogens with one attached hydrogen (secondary N) is 2. The summed E-state index contributed by atoms with van der Waals surface area (Å²) in [7, 11) is 0. The Bertz CT molecular complexity index is 1210. The van der Waals surface area contributed by atoms with E-state index in [0.29, 0.717) is 0 Å². The van der Waals surface area contributed by atoms with Gasteiger partial charge in [0.15, 0.2) is 0 Å². The Labute approximate surface area is 195 Å². The first-order chi connectivity index (χ1) is 16.3. The molecule has 0 spiro atoms. The first kappa shape index (κ1) is 23.0. The summed E-state index contributed by atoms with van der Waals surface area (Å²) < 4.78 is 19.3. The van der Waals surface area contributed by atoms with Crippen molar-refractivity contribution in [3.05, 3.63) is 89.2 Å². The molecule has 2 amide bonds. The van der Waals surface area contributed by atoms with Crippen LogP contribution < -0.4 is 10.6 Å². The van der Waals surface area contributed by atoms with Gasteiger partial charge in [0.05, 0.1) is 17.7 Å². The van der Waals surface area contributed by atoms with Crippen molar-refractivity contribution in [1.29, 1.82) is 0 Å². The van der Waals surface area contributed by atoms with Crippen LogP contribution in [0.5, 0.6) is 0 Å². The molecule has 3 aromatic carbocycles. The molecule has 0 radical (unpaired) electrons. The zero-order valence-electron chi connectivity index (χ0n) is 18.4. The van der Waals surface area contributed by atoms with Crippen molar-refractivity contribution in [3.8, 4) is 11.1 Å². The number of fused-ring (bicyclic) bond motifs is 3. The van der Waals surface area contributed by atoms with Gasteiger partial charge in [-0.05, 0) is 47.4 Å². The number of halogens is 1. The zero-order valence-corrected chi connectivity index (χ0v) is 18.4. The van der Waals surface area contributed by atoms with Gasteiger partial charge in [-0.3, -0.25) is 14.9 Å². The second kappa shape index (κ2) is 9.74. The van der Waals surface area contributed by atoms with E-state index in [1.165, 1.54) is 13.0 Å². The van der Waals surface area contributed by atoms with Crippen LogP contribution in [-0.2, 0) is 9.53 Å². The second-order valence-electron chi connectivity index (χ2n) is 8.11. The Morgan fingerprint density at radius 2 is 1.62 bits per heavy atom. The molecular weight excluding hydrogens is 439 g/mol. The predicted molar refractivity (Wildman–Crippen MR) is 124 cm³/mol. The monoisotopic (exact) mass is 462 g/mol. The molecule has 8 heteroatoms. The average molecular weight is 462 g/mol. The number of anilines is 1. The lowest BCUT2D eigenvalue weighted by Gasteiger charge is -2.17. The summed E-state index contributed by atoms with van der Waals surface area (Å²) in [6.45, 7) is 1.60. The summed E-state index contributed by atoms with van der Waals surface area (Å²) in [4.78, 5) is 36.0. The molecule has 174 valence electrons. The molecule has 1 unspecified atom stereocenters. The molecule has 7 nitrogen and oxygen atoms in total. The average Bonchev–Trinajstić information content (AvgIpc) is 3.12. The molecule has 34 heavy (non-hydrogen) atoms. The minimum atomic E-state index is -1.08. The van der Waals surface area contributed by atoms with Crippen molar-refractivity contribution >= 4 is 23.7 Å². The van der Waals surface area contributed by atoms with Crippen LogP contribution in [0.15, 0.2) is 66.7 Å². The van der Waals surface area contributed by atoms with Gasteiger partial charge in [0.25, 0.3) is 5.91 Å². The highest BCUT2D eigenvalue weighted by Gasteiger charge is 2.29. The lowest BCUT2D eigenvalue weighted by Crippen LogP contribution is -2.34. The third-order valence-corrected chi connectivity index (χ3v) is 5.66. The van der Waals surface area contributed by atoms with E-state index in [2.05, 4.69) is 10.6 Å². The van der Waals surface area contributed by atoms with Gasteiger partial charge < -0.3 is 15.2 Å². The van der Waals surface area contributed by atoms with Gasteiger partial charge >= 0.3 is 12.1 Å². The van der Waals surface area contributed by atoms with E-state index in [0.717, 1.165) is 34.4 Å². The highest BCUT2D eigenvalue weighted by Crippen LogP contribution is 2.44. The molecular formula is C26H23FN2O5. The second-order valence-corrected chi connectivity index (χ2v) is 8.11. The lowest BCUT2D eigenvalue weighted by atomic mass is 9.98. The fraction of sp³-hybridized carbons (Fsp3) is 0.192. The first-order valence-corrected chi connectivity index (χ1v) is 10.8. The number of aliphatic carboxylic acids is 1. The Kier molecular flexibility index (Phi) is 6.58. The van der Waals surface area contributed by atoms with E-state index >= 15 is 0 Å². The van der Waals surface area contributed by atoms with Crippen molar-refractivity contribution in [3.63, 3.8) is 0 Å².